The van der Waals surface area contributed by atoms with Gasteiger partial charge in [-0.05, 0) is 19.4 Å². The fraction of sp³-hybridized carbons (Fsp3) is 0.583. The van der Waals surface area contributed by atoms with Crippen LogP contribution in [0.3, 0.4) is 0 Å². The third kappa shape index (κ3) is 11.9. The number of rotatable bonds is 21. The molecule has 4 amide bonds. The van der Waals surface area contributed by atoms with Crippen molar-refractivity contribution in [1.82, 2.24) is 20.4 Å². The van der Waals surface area contributed by atoms with Gasteiger partial charge in [0.2, 0.25) is 11.7 Å². The Morgan fingerprint density at radius 2 is 1.46 bits per heavy atom. The van der Waals surface area contributed by atoms with Crippen molar-refractivity contribution in [3.05, 3.63) is 63.7 Å². The number of carbonyl (C=O) groups is 6. The van der Waals surface area contributed by atoms with Gasteiger partial charge in [0.25, 0.3) is 17.7 Å². The first-order valence-corrected chi connectivity index (χ1v) is 23.5. The van der Waals surface area contributed by atoms with Crippen molar-refractivity contribution in [1.29, 1.82) is 0 Å². The van der Waals surface area contributed by atoms with E-state index in [1.807, 2.05) is 0 Å². The highest BCUT2D eigenvalue weighted by atomic mass is 16.7. The maximum absolute atomic E-state index is 13.5. The van der Waals surface area contributed by atoms with Crippen LogP contribution in [0, 0.1) is 0 Å². The summed E-state index contributed by atoms with van der Waals surface area (Å²) in [4.78, 5) is 78.6. The Balaban J connectivity index is 0.000000386. The number of ketones is 2. The summed E-state index contributed by atoms with van der Waals surface area (Å²) in [7, 11) is 2.97. The summed E-state index contributed by atoms with van der Waals surface area (Å²) in [6.45, 7) is 6.74. The molecular weight excluding hydrogens is 937 g/mol. The molecule has 0 saturated carbocycles. The number of benzene rings is 2. The number of hydrogen-bond donors (Lipinski definition) is 6. The summed E-state index contributed by atoms with van der Waals surface area (Å²) in [5.74, 6) is -4.97. The zero-order valence-electron chi connectivity index (χ0n) is 39.9. The molecule has 0 spiro atoms. The predicted molar refractivity (Wildman–Crippen MR) is 244 cm³/mol. The Morgan fingerprint density at radius 1 is 0.817 bits per heavy atom. The number of amides is 4. The van der Waals surface area contributed by atoms with E-state index in [0.717, 1.165) is 31.1 Å². The molecule has 0 aromatic heterocycles. The van der Waals surface area contributed by atoms with Crippen LogP contribution in [-0.4, -0.2) is 208 Å². The molecule has 23 nitrogen and oxygen atoms in total. The molecule has 2 aromatic carbocycles. The normalized spacial score (nSPS) is 25.4. The molecule has 3 saturated heterocycles. The van der Waals surface area contributed by atoms with E-state index in [1.54, 1.807) is 7.11 Å². The number of imide groups is 1. The Kier molecular flexibility index (Phi) is 18.3. The molecule has 388 valence electrons. The lowest BCUT2D eigenvalue weighted by Crippen LogP contribution is -2.53. The van der Waals surface area contributed by atoms with Crippen LogP contribution in [0.2, 0.25) is 0 Å². The molecule has 0 bridgehead atoms. The molecule has 23 heteroatoms. The molecule has 4 heterocycles. The smallest absolute Gasteiger partial charge is 0.253 e. The van der Waals surface area contributed by atoms with Gasteiger partial charge in [-0.15, -0.1) is 0 Å². The zero-order valence-corrected chi connectivity index (χ0v) is 39.9. The minimum absolute atomic E-state index is 0.00223. The second-order valence-corrected chi connectivity index (χ2v) is 17.4. The standard InChI is InChI=1S/C37H43N3O15.C11H19NO4/c1-51-24-4-2-3-21-29(24)35(48)31-30(32(21)45)33(46)22-19-37(50,20-23(41)28(22)34(31)47)36(49)39-9-8-38-25(42)7-11-52-13-15-54-17-18-55-16-14-53-12-10-40-26(43)5-6-27(40)44;1-7-9-8(3-5-14-7)12-4-6-15-11(13-2)10(12)16-9/h2-6,23,41,46-47,50H,7-20H2,1H3,(H,38,42)(H,39,49);7-11H,3-6H2,1-2H3/t;7?,8?,9?,10-,11?/m.1/s1. The maximum Gasteiger partial charge on any atom is 0.253 e. The van der Waals surface area contributed by atoms with Gasteiger partial charge in [0.05, 0.1) is 102 Å². The van der Waals surface area contributed by atoms with Crippen molar-refractivity contribution in [3.63, 3.8) is 0 Å². The van der Waals surface area contributed by atoms with Crippen LogP contribution < -0.4 is 15.4 Å². The summed E-state index contributed by atoms with van der Waals surface area (Å²) in [5, 5.41) is 49.7. The summed E-state index contributed by atoms with van der Waals surface area (Å²) >= 11 is 0. The Labute approximate surface area is 409 Å². The number of morpholine rings is 1. The number of nitrogens with one attached hydrogen (secondary N) is 2. The lowest BCUT2D eigenvalue weighted by Gasteiger charge is -2.37. The van der Waals surface area contributed by atoms with E-state index in [0.29, 0.717) is 32.5 Å². The molecule has 6 aliphatic rings. The van der Waals surface area contributed by atoms with Crippen LogP contribution in [0.5, 0.6) is 17.2 Å². The van der Waals surface area contributed by atoms with Crippen molar-refractivity contribution < 1.29 is 91.8 Å². The van der Waals surface area contributed by atoms with Gasteiger partial charge in [0, 0.05) is 87.5 Å². The number of methoxy groups -OCH3 is 2. The number of carbonyl (C=O) groups excluding carboxylic acids is 6. The first-order chi connectivity index (χ1) is 34.2. The summed E-state index contributed by atoms with van der Waals surface area (Å²) < 4.78 is 49.3. The van der Waals surface area contributed by atoms with Crippen LogP contribution in [0.15, 0.2) is 30.4 Å². The van der Waals surface area contributed by atoms with Crippen LogP contribution in [0.4, 0.5) is 0 Å². The van der Waals surface area contributed by atoms with Crippen LogP contribution in [0.1, 0.15) is 75.3 Å². The number of phenols is 2. The van der Waals surface area contributed by atoms with Gasteiger partial charge in [-0.1, -0.05) is 12.1 Å². The molecule has 0 radical (unpaired) electrons. The molecule has 8 rings (SSSR count). The van der Waals surface area contributed by atoms with Crippen molar-refractivity contribution in [2.24, 2.45) is 0 Å². The Hall–Kier alpha value is -5.44. The van der Waals surface area contributed by atoms with Crippen LogP contribution >= 0.6 is 0 Å². The van der Waals surface area contributed by atoms with E-state index < -0.39 is 64.6 Å². The van der Waals surface area contributed by atoms with Gasteiger partial charge in [0.15, 0.2) is 18.3 Å². The SMILES string of the molecule is COC1OCCN2C3CCOC(C)C3O[C@H]12.COc1cccc2c1C(=O)c1c(O)c3c(c(O)c1C2=O)CC(O)(C(=O)NCCNC(=O)CCOCCOCCOCCOCCN1C(=O)C=CC1=O)CC3O. The zero-order chi connectivity index (χ0) is 50.8. The molecule has 6 unspecified atom stereocenters. The molecule has 7 atom stereocenters. The van der Waals surface area contributed by atoms with Crippen molar-refractivity contribution >= 4 is 35.2 Å². The maximum atomic E-state index is 13.5. The second kappa shape index (κ2) is 24.3. The number of aromatic hydroxyl groups is 2. The third-order valence-corrected chi connectivity index (χ3v) is 13.0. The summed E-state index contributed by atoms with van der Waals surface area (Å²) in [6, 6.07) is 4.79. The molecular formula is C48H62N4O19. The fourth-order valence-electron chi connectivity index (χ4n) is 9.47. The van der Waals surface area contributed by atoms with E-state index in [9.17, 15) is 49.2 Å². The van der Waals surface area contributed by atoms with E-state index in [-0.39, 0.29) is 123 Å². The number of nitrogens with zero attached hydrogens (tertiary/aromatic N) is 2. The number of phenolic OH excluding ortho intramolecular Hbond substituents is 2. The molecule has 2 aromatic rings. The van der Waals surface area contributed by atoms with E-state index in [1.165, 1.54) is 37.5 Å². The molecule has 2 aliphatic carbocycles. The van der Waals surface area contributed by atoms with Crippen molar-refractivity contribution in [2.45, 2.75) is 75.1 Å². The lowest BCUT2D eigenvalue weighted by atomic mass is 9.72. The highest BCUT2D eigenvalue weighted by Crippen LogP contribution is 2.51. The number of aliphatic hydroxyl groups excluding tert-OH is 1. The molecule has 71 heavy (non-hydrogen) atoms. The largest absolute Gasteiger partial charge is 0.507 e. The minimum atomic E-state index is -2.27. The quantitative estimate of drug-likeness (QED) is 0.0441. The number of ether oxygens (including phenoxy) is 9. The van der Waals surface area contributed by atoms with E-state index in [4.69, 9.17) is 42.6 Å². The fourth-order valence-corrected chi connectivity index (χ4v) is 9.47. The highest BCUT2D eigenvalue weighted by Gasteiger charge is 2.52. The summed E-state index contributed by atoms with van der Waals surface area (Å²) in [5.41, 5.74) is -3.99. The molecule has 6 N–H and O–H groups in total. The number of fused-ring (bicyclic) bond motifs is 6. The Morgan fingerprint density at radius 3 is 2.14 bits per heavy atom. The Bertz CT molecular complexity index is 2310. The van der Waals surface area contributed by atoms with Gasteiger partial charge in [-0.25, -0.2) is 0 Å². The number of hydrogen-bond acceptors (Lipinski definition) is 20. The van der Waals surface area contributed by atoms with Crippen LogP contribution in [-0.2, 0) is 63.5 Å². The van der Waals surface area contributed by atoms with E-state index in [2.05, 4.69) is 22.5 Å². The van der Waals surface area contributed by atoms with E-state index >= 15 is 0 Å². The van der Waals surface area contributed by atoms with Crippen molar-refractivity contribution in [2.75, 3.05) is 106 Å². The van der Waals surface area contributed by atoms with Crippen molar-refractivity contribution in [3.8, 4) is 17.2 Å². The average molecular weight is 999 g/mol. The topological polar surface area (TPSA) is 297 Å². The summed E-state index contributed by atoms with van der Waals surface area (Å²) in [6.07, 6.45) is 0.648. The first-order valence-electron chi connectivity index (χ1n) is 23.5. The molecule has 3 fully saturated rings. The average Bonchev–Trinajstić information content (AvgIpc) is 3.91. The highest BCUT2D eigenvalue weighted by molar-refractivity contribution is 6.31. The van der Waals surface area contributed by atoms with Gasteiger partial charge < -0.3 is 73.7 Å². The third-order valence-electron chi connectivity index (χ3n) is 13.0. The molecule has 4 aliphatic heterocycles. The lowest BCUT2D eigenvalue weighted by molar-refractivity contribution is -0.246. The second-order valence-electron chi connectivity index (χ2n) is 17.4. The van der Waals surface area contributed by atoms with Gasteiger partial charge in [0.1, 0.15) is 29.0 Å². The predicted octanol–water partition coefficient (Wildman–Crippen LogP) is -0.600. The van der Waals surface area contributed by atoms with Gasteiger partial charge in [-0.2, -0.15) is 0 Å². The van der Waals surface area contributed by atoms with Gasteiger partial charge in [-0.3, -0.25) is 38.6 Å². The monoisotopic (exact) mass is 998 g/mol. The minimum Gasteiger partial charge on any atom is -0.507 e. The first kappa shape index (κ1) is 53.4. The van der Waals surface area contributed by atoms with Crippen LogP contribution in [0.25, 0.3) is 0 Å². The van der Waals surface area contributed by atoms with Gasteiger partial charge >= 0.3 is 0 Å². The number of aliphatic hydroxyl groups is 2.